The molecule has 204 valence electrons. The second-order valence-electron chi connectivity index (χ2n) is 10.2. The molecular formula is C30H44BrN3O3. The fourth-order valence-electron chi connectivity index (χ4n) is 5.13. The molecule has 1 saturated carbocycles. The zero-order chi connectivity index (χ0) is 26.5. The number of ether oxygens (including phenoxy) is 1. The number of carbonyl (C=O) groups excluding carboxylic acids is 2. The molecule has 2 aromatic rings. The average molecular weight is 575 g/mol. The summed E-state index contributed by atoms with van der Waals surface area (Å²) in [6, 6.07) is 12.8. The van der Waals surface area contributed by atoms with E-state index in [-0.39, 0.29) is 24.4 Å². The van der Waals surface area contributed by atoms with E-state index in [1.54, 1.807) is 12.0 Å². The molecule has 1 heterocycles. The summed E-state index contributed by atoms with van der Waals surface area (Å²) in [4.78, 5) is 30.6. The lowest BCUT2D eigenvalue weighted by Gasteiger charge is -2.36. The first kappa shape index (κ1) is 29.4. The Morgan fingerprint density at radius 2 is 1.78 bits per heavy atom. The number of amides is 2. The number of aromatic nitrogens is 1. The molecule has 0 aliphatic heterocycles. The van der Waals surface area contributed by atoms with Gasteiger partial charge in [-0.2, -0.15) is 0 Å². The molecule has 0 bridgehead atoms. The maximum absolute atomic E-state index is 13.8. The normalized spacial score (nSPS) is 14.0. The monoisotopic (exact) mass is 573 g/mol. The van der Waals surface area contributed by atoms with Crippen molar-refractivity contribution in [2.75, 3.05) is 26.8 Å². The summed E-state index contributed by atoms with van der Waals surface area (Å²) in [6.45, 7) is 4.51. The Balaban J connectivity index is 1.73. The maximum Gasteiger partial charge on any atom is 0.242 e. The third kappa shape index (κ3) is 9.60. The SMILES string of the molecule is CCCCCCC(=O)N(CCOC)CC(=O)N(Cc1cccn1Cc1ccc(Br)cc1)C1CCCCC1. The van der Waals surface area contributed by atoms with Gasteiger partial charge in [0.1, 0.15) is 0 Å². The second kappa shape index (κ2) is 16.0. The summed E-state index contributed by atoms with van der Waals surface area (Å²) >= 11 is 3.51. The highest BCUT2D eigenvalue weighted by atomic mass is 79.9. The number of methoxy groups -OCH3 is 1. The molecule has 37 heavy (non-hydrogen) atoms. The van der Waals surface area contributed by atoms with Crippen LogP contribution in [0, 0.1) is 0 Å². The lowest BCUT2D eigenvalue weighted by molar-refractivity contribution is -0.143. The van der Waals surface area contributed by atoms with Crippen molar-refractivity contribution >= 4 is 27.7 Å². The maximum atomic E-state index is 13.8. The molecule has 1 aliphatic carbocycles. The fourth-order valence-corrected chi connectivity index (χ4v) is 5.39. The van der Waals surface area contributed by atoms with E-state index in [4.69, 9.17) is 4.74 Å². The zero-order valence-corrected chi connectivity index (χ0v) is 24.3. The molecule has 7 heteroatoms. The van der Waals surface area contributed by atoms with Crippen LogP contribution < -0.4 is 0 Å². The van der Waals surface area contributed by atoms with E-state index in [1.165, 1.54) is 12.0 Å². The van der Waals surface area contributed by atoms with Gasteiger partial charge in [0.25, 0.3) is 0 Å². The summed E-state index contributed by atoms with van der Waals surface area (Å²) in [7, 11) is 1.64. The fraction of sp³-hybridized carbons (Fsp3) is 0.600. The minimum Gasteiger partial charge on any atom is -0.383 e. The molecule has 3 rings (SSSR count). The Labute approximate surface area is 231 Å². The van der Waals surface area contributed by atoms with Crippen molar-refractivity contribution < 1.29 is 14.3 Å². The largest absolute Gasteiger partial charge is 0.383 e. The Morgan fingerprint density at radius 1 is 1.03 bits per heavy atom. The zero-order valence-electron chi connectivity index (χ0n) is 22.7. The van der Waals surface area contributed by atoms with Gasteiger partial charge in [0.2, 0.25) is 11.8 Å². The molecule has 1 aliphatic rings. The summed E-state index contributed by atoms with van der Waals surface area (Å²) in [5.74, 6) is 0.102. The molecule has 0 spiro atoms. The van der Waals surface area contributed by atoms with Crippen molar-refractivity contribution in [3.63, 3.8) is 0 Å². The van der Waals surface area contributed by atoms with Crippen LogP contribution in [0.5, 0.6) is 0 Å². The van der Waals surface area contributed by atoms with Gasteiger partial charge in [0, 0.05) is 49.0 Å². The number of carbonyl (C=O) groups is 2. The topological polar surface area (TPSA) is 54.8 Å². The molecule has 6 nitrogen and oxygen atoms in total. The smallest absolute Gasteiger partial charge is 0.242 e. The molecule has 0 atom stereocenters. The number of hydrogen-bond donors (Lipinski definition) is 0. The highest BCUT2D eigenvalue weighted by Gasteiger charge is 2.28. The molecule has 1 fully saturated rings. The van der Waals surface area contributed by atoms with Crippen molar-refractivity contribution in [2.45, 2.75) is 90.3 Å². The van der Waals surface area contributed by atoms with E-state index in [0.717, 1.165) is 68.1 Å². The first-order valence-electron chi connectivity index (χ1n) is 14.0. The number of benzene rings is 1. The number of unbranched alkanes of at least 4 members (excludes halogenated alkanes) is 3. The van der Waals surface area contributed by atoms with E-state index in [0.29, 0.717) is 26.1 Å². The number of rotatable bonds is 15. The minimum atomic E-state index is 0.0429. The van der Waals surface area contributed by atoms with Crippen LogP contribution in [-0.2, 0) is 27.4 Å². The Hall–Kier alpha value is -2.12. The third-order valence-electron chi connectivity index (χ3n) is 7.35. The highest BCUT2D eigenvalue weighted by molar-refractivity contribution is 9.10. The lowest BCUT2D eigenvalue weighted by atomic mass is 9.94. The Morgan fingerprint density at radius 3 is 2.49 bits per heavy atom. The van der Waals surface area contributed by atoms with Gasteiger partial charge in [-0.3, -0.25) is 9.59 Å². The average Bonchev–Trinajstić information content (AvgIpc) is 3.35. The van der Waals surface area contributed by atoms with E-state index in [1.807, 2.05) is 0 Å². The van der Waals surface area contributed by atoms with Gasteiger partial charge >= 0.3 is 0 Å². The first-order valence-corrected chi connectivity index (χ1v) is 14.8. The molecule has 2 amide bonds. The van der Waals surface area contributed by atoms with E-state index in [9.17, 15) is 9.59 Å². The van der Waals surface area contributed by atoms with Crippen molar-refractivity contribution in [1.82, 2.24) is 14.4 Å². The van der Waals surface area contributed by atoms with Gasteiger partial charge in [-0.05, 0) is 49.1 Å². The van der Waals surface area contributed by atoms with E-state index >= 15 is 0 Å². The molecule has 0 radical (unpaired) electrons. The lowest BCUT2D eigenvalue weighted by Crippen LogP contribution is -2.48. The molecule has 1 aromatic heterocycles. The third-order valence-corrected chi connectivity index (χ3v) is 7.87. The van der Waals surface area contributed by atoms with E-state index in [2.05, 4.69) is 74.9 Å². The number of nitrogens with zero attached hydrogens (tertiary/aromatic N) is 3. The summed E-state index contributed by atoms with van der Waals surface area (Å²) in [6.07, 6.45) is 12.4. The van der Waals surface area contributed by atoms with Gasteiger partial charge in [-0.15, -0.1) is 0 Å². The molecular weight excluding hydrogens is 530 g/mol. The van der Waals surface area contributed by atoms with Crippen molar-refractivity contribution in [3.05, 3.63) is 58.3 Å². The van der Waals surface area contributed by atoms with Crippen LogP contribution >= 0.6 is 15.9 Å². The molecule has 0 N–H and O–H groups in total. The van der Waals surface area contributed by atoms with Crippen LogP contribution in [0.3, 0.4) is 0 Å². The predicted octanol–water partition coefficient (Wildman–Crippen LogP) is 6.41. The van der Waals surface area contributed by atoms with Crippen LogP contribution in [0.25, 0.3) is 0 Å². The number of halogens is 1. The summed E-state index contributed by atoms with van der Waals surface area (Å²) in [5.41, 5.74) is 2.34. The van der Waals surface area contributed by atoms with Gasteiger partial charge in [0.05, 0.1) is 19.7 Å². The van der Waals surface area contributed by atoms with Gasteiger partial charge in [-0.1, -0.05) is 73.5 Å². The number of hydrogen-bond acceptors (Lipinski definition) is 3. The van der Waals surface area contributed by atoms with Crippen LogP contribution in [0.4, 0.5) is 0 Å². The molecule has 1 aromatic carbocycles. The van der Waals surface area contributed by atoms with Crippen LogP contribution in [0.2, 0.25) is 0 Å². The van der Waals surface area contributed by atoms with Gasteiger partial charge in [0.15, 0.2) is 0 Å². The van der Waals surface area contributed by atoms with Crippen molar-refractivity contribution in [3.8, 4) is 0 Å². The van der Waals surface area contributed by atoms with E-state index < -0.39 is 0 Å². The predicted molar refractivity (Wildman–Crippen MR) is 152 cm³/mol. The Bertz CT molecular complexity index is 953. The Kier molecular flexibility index (Phi) is 12.7. The van der Waals surface area contributed by atoms with Gasteiger partial charge in [-0.25, -0.2) is 0 Å². The van der Waals surface area contributed by atoms with Crippen molar-refractivity contribution in [2.24, 2.45) is 0 Å². The second-order valence-corrected chi connectivity index (χ2v) is 11.1. The minimum absolute atomic E-state index is 0.0429. The summed E-state index contributed by atoms with van der Waals surface area (Å²) in [5, 5.41) is 0. The molecule has 0 unspecified atom stereocenters. The summed E-state index contributed by atoms with van der Waals surface area (Å²) < 4.78 is 8.56. The molecule has 0 saturated heterocycles. The van der Waals surface area contributed by atoms with Crippen LogP contribution in [-0.4, -0.2) is 59.0 Å². The highest BCUT2D eigenvalue weighted by Crippen LogP contribution is 2.25. The first-order chi connectivity index (χ1) is 18.0. The van der Waals surface area contributed by atoms with Crippen LogP contribution in [0.15, 0.2) is 47.1 Å². The standard InChI is InChI=1S/C30H44BrN3O3/c1-3-4-5-9-14-29(35)33(20-21-37-2)24-30(36)34(27-11-7-6-8-12-27)23-28-13-10-19-32(28)22-25-15-17-26(31)18-16-25/h10,13,15-19,27H,3-9,11-12,14,20-24H2,1-2H3. The van der Waals surface area contributed by atoms with Gasteiger partial charge < -0.3 is 19.1 Å². The van der Waals surface area contributed by atoms with Crippen molar-refractivity contribution in [1.29, 1.82) is 0 Å². The quantitative estimate of drug-likeness (QED) is 0.231. The van der Waals surface area contributed by atoms with Crippen LogP contribution in [0.1, 0.15) is 82.4 Å².